The molecule has 1 aliphatic heterocycles. The second-order valence-electron chi connectivity index (χ2n) is 6.29. The van der Waals surface area contributed by atoms with Gasteiger partial charge in [0.25, 0.3) is 0 Å². The van der Waals surface area contributed by atoms with Crippen molar-refractivity contribution >= 4 is 51.3 Å². The van der Waals surface area contributed by atoms with Crippen molar-refractivity contribution in [3.8, 4) is 0 Å². The van der Waals surface area contributed by atoms with E-state index < -0.39 is 5.60 Å². The van der Waals surface area contributed by atoms with E-state index in [1.165, 1.54) is 6.33 Å². The van der Waals surface area contributed by atoms with Crippen LogP contribution in [0, 0.1) is 3.57 Å². The van der Waals surface area contributed by atoms with Crippen LogP contribution in [0.5, 0.6) is 0 Å². The lowest BCUT2D eigenvalue weighted by Crippen LogP contribution is -2.52. The van der Waals surface area contributed by atoms with Gasteiger partial charge in [0.05, 0.1) is 11.4 Å². The molecule has 0 aliphatic carbocycles. The molecule has 0 atom stereocenters. The summed E-state index contributed by atoms with van der Waals surface area (Å²) in [7, 11) is 0. The van der Waals surface area contributed by atoms with E-state index in [4.69, 9.17) is 16.3 Å². The Hall–Kier alpha value is -1.09. The van der Waals surface area contributed by atoms with Gasteiger partial charge in [-0.3, -0.25) is 0 Å². The van der Waals surface area contributed by atoms with E-state index in [0.29, 0.717) is 18.2 Å². The Morgan fingerprint density at radius 1 is 1.41 bits per heavy atom. The third kappa shape index (κ3) is 2.88. The Morgan fingerprint density at radius 2 is 2.09 bits per heavy atom. The van der Waals surface area contributed by atoms with Crippen LogP contribution in [0.15, 0.2) is 12.5 Å². The topological polar surface area (TPSA) is 60.2 Å². The summed E-state index contributed by atoms with van der Waals surface area (Å²) in [5, 5.41) is 1.32. The number of carbonyl (C=O) groups is 1. The molecule has 3 rings (SSSR count). The largest absolute Gasteiger partial charge is 0.444 e. The lowest BCUT2D eigenvalue weighted by atomic mass is 10.1. The minimum atomic E-state index is -0.474. The molecule has 2 aromatic rings. The molecule has 8 heteroatoms. The Morgan fingerprint density at radius 3 is 2.73 bits per heavy atom. The van der Waals surface area contributed by atoms with E-state index in [1.807, 2.05) is 27.0 Å². The highest BCUT2D eigenvalue weighted by Crippen LogP contribution is 2.32. The number of hydrogen-bond acceptors (Lipinski definition) is 4. The first-order chi connectivity index (χ1) is 10.3. The van der Waals surface area contributed by atoms with E-state index >= 15 is 0 Å². The number of aromatic nitrogens is 3. The highest BCUT2D eigenvalue weighted by Gasteiger charge is 2.35. The molecule has 22 heavy (non-hydrogen) atoms. The predicted octanol–water partition coefficient (Wildman–Crippen LogP) is 3.48. The summed E-state index contributed by atoms with van der Waals surface area (Å²) in [4.78, 5) is 22.0. The van der Waals surface area contributed by atoms with Crippen LogP contribution in [0.2, 0.25) is 5.15 Å². The fraction of sp³-hybridized carbons (Fsp3) is 0.500. The SMILES string of the molecule is CC(C)(C)OC(=O)N1CC(n2cc(I)c3c(Cl)ncnc32)C1. The molecule has 1 aliphatic rings. The molecule has 1 amide bonds. The normalized spacial score (nSPS) is 16.0. The summed E-state index contributed by atoms with van der Waals surface area (Å²) < 4.78 is 8.44. The second-order valence-corrected chi connectivity index (χ2v) is 7.81. The number of ether oxygens (including phenoxy) is 1. The lowest BCUT2D eigenvalue weighted by molar-refractivity contribution is 0.00150. The molecule has 2 aromatic heterocycles. The fourth-order valence-electron chi connectivity index (χ4n) is 2.39. The Kier molecular flexibility index (Phi) is 3.96. The molecule has 0 unspecified atom stereocenters. The minimum absolute atomic E-state index is 0.185. The molecule has 0 N–H and O–H groups in total. The number of hydrogen-bond donors (Lipinski definition) is 0. The number of carbonyl (C=O) groups excluding carboxylic acids is 1. The van der Waals surface area contributed by atoms with Gasteiger partial charge in [-0.2, -0.15) is 0 Å². The van der Waals surface area contributed by atoms with Crippen LogP contribution >= 0.6 is 34.2 Å². The summed E-state index contributed by atoms with van der Waals surface area (Å²) in [6.45, 7) is 6.81. The lowest BCUT2D eigenvalue weighted by Gasteiger charge is -2.40. The van der Waals surface area contributed by atoms with Crippen LogP contribution < -0.4 is 0 Å². The Bertz CT molecular complexity index is 734. The van der Waals surface area contributed by atoms with Gasteiger partial charge in [-0.25, -0.2) is 14.8 Å². The van der Waals surface area contributed by atoms with E-state index in [0.717, 1.165) is 14.6 Å². The quantitative estimate of drug-likeness (QED) is 0.509. The van der Waals surface area contributed by atoms with Crippen LogP contribution in [0.25, 0.3) is 11.0 Å². The standard InChI is InChI=1S/C14H16ClIN4O2/c1-14(2,3)22-13(21)19-4-8(5-19)20-6-9(16)10-11(15)17-7-18-12(10)20/h6-8H,4-5H2,1-3H3. The van der Waals surface area contributed by atoms with Gasteiger partial charge in [0.2, 0.25) is 0 Å². The third-order valence-electron chi connectivity index (χ3n) is 3.42. The van der Waals surface area contributed by atoms with Gasteiger partial charge < -0.3 is 14.2 Å². The molecule has 0 aromatic carbocycles. The summed E-state index contributed by atoms with van der Waals surface area (Å²) in [5.41, 5.74) is 0.330. The zero-order valence-electron chi connectivity index (χ0n) is 12.5. The highest BCUT2D eigenvalue weighted by atomic mass is 127. The predicted molar refractivity (Wildman–Crippen MR) is 92.1 cm³/mol. The number of halogens is 2. The Labute approximate surface area is 146 Å². The van der Waals surface area contributed by atoms with Crippen molar-refractivity contribution in [3.05, 3.63) is 21.2 Å². The maximum Gasteiger partial charge on any atom is 0.410 e. The van der Waals surface area contributed by atoms with Gasteiger partial charge in [-0.1, -0.05) is 11.6 Å². The van der Waals surface area contributed by atoms with Gasteiger partial charge in [-0.05, 0) is 43.4 Å². The molecule has 0 radical (unpaired) electrons. The van der Waals surface area contributed by atoms with E-state index in [9.17, 15) is 4.79 Å². The van der Waals surface area contributed by atoms with Crippen molar-refractivity contribution in [2.75, 3.05) is 13.1 Å². The van der Waals surface area contributed by atoms with Crippen LogP contribution in [-0.4, -0.2) is 44.2 Å². The number of amides is 1. The van der Waals surface area contributed by atoms with Crippen LogP contribution in [0.4, 0.5) is 4.79 Å². The summed E-state index contributed by atoms with van der Waals surface area (Å²) in [5.74, 6) is 0. The van der Waals surface area contributed by atoms with E-state index in [1.54, 1.807) is 4.90 Å². The maximum absolute atomic E-state index is 12.0. The third-order valence-corrected chi connectivity index (χ3v) is 4.53. The van der Waals surface area contributed by atoms with Crippen LogP contribution in [0.1, 0.15) is 26.8 Å². The summed E-state index contributed by atoms with van der Waals surface area (Å²) in [6, 6.07) is 0.185. The zero-order chi connectivity index (χ0) is 16.1. The average molecular weight is 435 g/mol. The van der Waals surface area contributed by atoms with Crippen molar-refractivity contribution in [1.29, 1.82) is 0 Å². The van der Waals surface area contributed by atoms with Crippen molar-refractivity contribution in [2.24, 2.45) is 0 Å². The van der Waals surface area contributed by atoms with E-state index in [-0.39, 0.29) is 12.1 Å². The first-order valence-electron chi connectivity index (χ1n) is 6.91. The smallest absolute Gasteiger partial charge is 0.410 e. The number of nitrogens with zero attached hydrogens (tertiary/aromatic N) is 4. The Balaban J connectivity index is 1.76. The second kappa shape index (κ2) is 5.52. The number of fused-ring (bicyclic) bond motifs is 1. The molecule has 1 fully saturated rings. The van der Waals surface area contributed by atoms with Gasteiger partial charge in [0.15, 0.2) is 0 Å². The summed E-state index contributed by atoms with van der Waals surface area (Å²) >= 11 is 8.36. The zero-order valence-corrected chi connectivity index (χ0v) is 15.4. The van der Waals surface area contributed by atoms with Crippen molar-refractivity contribution in [3.63, 3.8) is 0 Å². The number of rotatable bonds is 1. The molecule has 3 heterocycles. The van der Waals surface area contributed by atoms with E-state index in [2.05, 4.69) is 37.1 Å². The summed E-state index contributed by atoms with van der Waals surface area (Å²) in [6.07, 6.45) is 3.19. The monoisotopic (exact) mass is 434 g/mol. The fourth-order valence-corrected chi connectivity index (χ4v) is 3.58. The molecular weight excluding hydrogens is 419 g/mol. The highest BCUT2D eigenvalue weighted by molar-refractivity contribution is 14.1. The van der Waals surface area contributed by atoms with Gasteiger partial charge in [0.1, 0.15) is 22.7 Å². The molecular formula is C14H16ClIN4O2. The molecule has 6 nitrogen and oxygen atoms in total. The van der Waals surface area contributed by atoms with Crippen LogP contribution in [0.3, 0.4) is 0 Å². The first kappa shape index (κ1) is 15.8. The minimum Gasteiger partial charge on any atom is -0.444 e. The van der Waals surface area contributed by atoms with Crippen LogP contribution in [-0.2, 0) is 4.74 Å². The van der Waals surface area contributed by atoms with Gasteiger partial charge in [0, 0.05) is 22.9 Å². The van der Waals surface area contributed by atoms with Crippen molar-refractivity contribution in [1.82, 2.24) is 19.4 Å². The average Bonchev–Trinajstić information content (AvgIpc) is 2.64. The molecule has 0 spiro atoms. The van der Waals surface area contributed by atoms with Gasteiger partial charge >= 0.3 is 6.09 Å². The molecule has 0 saturated carbocycles. The number of likely N-dealkylation sites (tertiary alicyclic amines) is 1. The molecule has 118 valence electrons. The maximum atomic E-state index is 12.0. The molecule has 1 saturated heterocycles. The molecule has 0 bridgehead atoms. The van der Waals surface area contributed by atoms with Gasteiger partial charge in [-0.15, -0.1) is 0 Å². The van der Waals surface area contributed by atoms with Crippen molar-refractivity contribution in [2.45, 2.75) is 32.4 Å². The van der Waals surface area contributed by atoms with Crippen molar-refractivity contribution < 1.29 is 9.53 Å². The first-order valence-corrected chi connectivity index (χ1v) is 8.36.